The molecule has 1 heterocycles. The summed E-state index contributed by atoms with van der Waals surface area (Å²) >= 11 is 2.00. The van der Waals surface area contributed by atoms with Gasteiger partial charge in [0.25, 0.3) is 6.43 Å². The zero-order valence-electron chi connectivity index (χ0n) is 11.8. The van der Waals surface area contributed by atoms with Crippen LogP contribution in [0, 0.1) is 0 Å². The highest BCUT2D eigenvalue weighted by Gasteiger charge is 2.26. The van der Waals surface area contributed by atoms with Gasteiger partial charge in [-0.3, -0.25) is 4.90 Å². The van der Waals surface area contributed by atoms with Crippen LogP contribution in [0.2, 0.25) is 0 Å². The highest BCUT2D eigenvalue weighted by atomic mass is 32.2. The van der Waals surface area contributed by atoms with E-state index in [9.17, 15) is 8.78 Å². The van der Waals surface area contributed by atoms with Crippen molar-refractivity contribution in [2.24, 2.45) is 5.73 Å². The first-order valence-corrected chi connectivity index (χ1v) is 8.14. The van der Waals surface area contributed by atoms with Crippen molar-refractivity contribution in [1.29, 1.82) is 0 Å². The van der Waals surface area contributed by atoms with Crippen LogP contribution in [-0.4, -0.2) is 35.5 Å². The summed E-state index contributed by atoms with van der Waals surface area (Å²) in [5.41, 5.74) is 6.90. The molecular formula is C15H22F2N2S. The fraction of sp³-hybridized carbons (Fsp3) is 0.600. The van der Waals surface area contributed by atoms with E-state index in [-0.39, 0.29) is 11.6 Å². The van der Waals surface area contributed by atoms with E-state index in [1.807, 2.05) is 17.8 Å². The van der Waals surface area contributed by atoms with Crippen molar-refractivity contribution in [3.8, 4) is 0 Å². The maximum Gasteiger partial charge on any atom is 0.263 e. The van der Waals surface area contributed by atoms with Crippen LogP contribution in [0.3, 0.4) is 0 Å². The molecule has 112 valence electrons. The quantitative estimate of drug-likeness (QED) is 0.903. The fourth-order valence-corrected chi connectivity index (χ4v) is 3.88. The van der Waals surface area contributed by atoms with Crippen molar-refractivity contribution < 1.29 is 8.78 Å². The van der Waals surface area contributed by atoms with E-state index in [4.69, 9.17) is 5.73 Å². The predicted molar refractivity (Wildman–Crippen MR) is 81.3 cm³/mol. The second-order valence-corrected chi connectivity index (χ2v) is 6.53. The number of alkyl halides is 2. The molecule has 20 heavy (non-hydrogen) atoms. The molecule has 1 aromatic carbocycles. The molecule has 2 nitrogen and oxygen atoms in total. The molecule has 0 bridgehead atoms. The zero-order chi connectivity index (χ0) is 14.5. The Morgan fingerprint density at radius 1 is 1.40 bits per heavy atom. The van der Waals surface area contributed by atoms with Crippen molar-refractivity contribution in [2.75, 3.05) is 25.4 Å². The summed E-state index contributed by atoms with van der Waals surface area (Å²) in [7, 11) is 0. The number of halogens is 2. The summed E-state index contributed by atoms with van der Waals surface area (Å²) in [6.07, 6.45) is -1.29. The minimum Gasteiger partial charge on any atom is -0.329 e. The first kappa shape index (κ1) is 15.7. The molecule has 1 fully saturated rings. The van der Waals surface area contributed by atoms with Gasteiger partial charge in [-0.1, -0.05) is 25.1 Å². The lowest BCUT2D eigenvalue weighted by molar-refractivity contribution is 0.150. The largest absolute Gasteiger partial charge is 0.329 e. The molecule has 0 amide bonds. The third-order valence-electron chi connectivity index (χ3n) is 3.84. The molecule has 0 saturated carbocycles. The van der Waals surface area contributed by atoms with Crippen LogP contribution < -0.4 is 5.73 Å². The number of hydrogen-bond donors (Lipinski definition) is 1. The second kappa shape index (κ2) is 7.38. The lowest BCUT2D eigenvalue weighted by Crippen LogP contribution is -2.42. The SMILES string of the molecule is CCC1CN(C(CN)c2cccc(C(F)F)c2)CCS1. The van der Waals surface area contributed by atoms with Crippen LogP contribution in [0.4, 0.5) is 8.78 Å². The fourth-order valence-electron chi connectivity index (χ4n) is 2.67. The van der Waals surface area contributed by atoms with Crippen molar-refractivity contribution in [2.45, 2.75) is 31.1 Å². The van der Waals surface area contributed by atoms with Crippen LogP contribution in [0.5, 0.6) is 0 Å². The highest BCUT2D eigenvalue weighted by molar-refractivity contribution is 8.00. The van der Waals surface area contributed by atoms with Crippen LogP contribution in [0.1, 0.15) is 36.9 Å². The minimum atomic E-state index is -2.42. The molecule has 1 aliphatic rings. The van der Waals surface area contributed by atoms with Gasteiger partial charge in [-0.25, -0.2) is 8.78 Å². The molecule has 1 aromatic rings. The minimum absolute atomic E-state index is 0.0450. The second-order valence-electron chi connectivity index (χ2n) is 5.12. The topological polar surface area (TPSA) is 29.3 Å². The maximum atomic E-state index is 12.8. The van der Waals surface area contributed by atoms with E-state index in [0.717, 1.165) is 30.8 Å². The van der Waals surface area contributed by atoms with Gasteiger partial charge < -0.3 is 5.73 Å². The Bertz CT molecular complexity index is 428. The van der Waals surface area contributed by atoms with Gasteiger partial charge in [0.2, 0.25) is 0 Å². The van der Waals surface area contributed by atoms with Crippen LogP contribution in [-0.2, 0) is 0 Å². The third-order valence-corrected chi connectivity index (χ3v) is 5.21. The number of rotatable bonds is 5. The molecule has 0 radical (unpaired) electrons. The molecule has 1 aliphatic heterocycles. The molecule has 0 aromatic heterocycles. The lowest BCUT2D eigenvalue weighted by Gasteiger charge is -2.37. The Morgan fingerprint density at radius 2 is 2.15 bits per heavy atom. The normalized spacial score (nSPS) is 22.1. The Balaban J connectivity index is 2.16. The van der Waals surface area contributed by atoms with Gasteiger partial charge in [0, 0.05) is 42.2 Å². The van der Waals surface area contributed by atoms with E-state index in [2.05, 4.69) is 11.8 Å². The smallest absolute Gasteiger partial charge is 0.263 e. The molecule has 2 unspecified atom stereocenters. The first-order valence-electron chi connectivity index (χ1n) is 7.09. The zero-order valence-corrected chi connectivity index (χ0v) is 12.6. The number of hydrogen-bond acceptors (Lipinski definition) is 3. The molecule has 5 heteroatoms. The van der Waals surface area contributed by atoms with Crippen LogP contribution in [0.15, 0.2) is 24.3 Å². The Morgan fingerprint density at radius 3 is 2.80 bits per heavy atom. The number of thioether (sulfide) groups is 1. The van der Waals surface area contributed by atoms with E-state index in [1.165, 1.54) is 6.07 Å². The summed E-state index contributed by atoms with van der Waals surface area (Å²) in [6.45, 7) is 4.62. The van der Waals surface area contributed by atoms with Crippen molar-refractivity contribution in [3.63, 3.8) is 0 Å². The van der Waals surface area contributed by atoms with Gasteiger partial charge in [0.05, 0.1) is 0 Å². The molecule has 2 N–H and O–H groups in total. The van der Waals surface area contributed by atoms with Crippen molar-refractivity contribution >= 4 is 11.8 Å². The average Bonchev–Trinajstić information content (AvgIpc) is 2.48. The standard InChI is InChI=1S/C15H22F2N2S/c1-2-13-10-19(6-7-20-13)14(9-18)11-4-3-5-12(8-11)15(16)17/h3-5,8,13-15H,2,6-7,9-10,18H2,1H3. The van der Waals surface area contributed by atoms with Crippen molar-refractivity contribution in [1.82, 2.24) is 4.90 Å². The summed E-state index contributed by atoms with van der Waals surface area (Å²) < 4.78 is 25.7. The third kappa shape index (κ3) is 3.71. The highest BCUT2D eigenvalue weighted by Crippen LogP contribution is 2.30. The van der Waals surface area contributed by atoms with E-state index in [0.29, 0.717) is 11.8 Å². The van der Waals surface area contributed by atoms with Gasteiger partial charge >= 0.3 is 0 Å². The lowest BCUT2D eigenvalue weighted by atomic mass is 10.0. The van der Waals surface area contributed by atoms with Crippen LogP contribution in [0.25, 0.3) is 0 Å². The van der Waals surface area contributed by atoms with Crippen molar-refractivity contribution in [3.05, 3.63) is 35.4 Å². The van der Waals surface area contributed by atoms with Crippen LogP contribution >= 0.6 is 11.8 Å². The summed E-state index contributed by atoms with van der Waals surface area (Å²) in [5, 5.41) is 0.621. The van der Waals surface area contributed by atoms with E-state index < -0.39 is 6.43 Å². The number of benzene rings is 1. The predicted octanol–water partition coefficient (Wildman–Crippen LogP) is 3.45. The molecule has 0 aliphatic carbocycles. The molecular weight excluding hydrogens is 278 g/mol. The maximum absolute atomic E-state index is 12.8. The van der Waals surface area contributed by atoms with E-state index >= 15 is 0 Å². The summed E-state index contributed by atoms with van der Waals surface area (Å²) in [5.74, 6) is 1.09. The number of nitrogens with two attached hydrogens (primary N) is 1. The van der Waals surface area contributed by atoms with Gasteiger partial charge in [-0.15, -0.1) is 0 Å². The van der Waals surface area contributed by atoms with Gasteiger partial charge in [-0.05, 0) is 18.1 Å². The Labute approximate surface area is 123 Å². The molecule has 2 atom stereocenters. The molecule has 2 rings (SSSR count). The molecule has 1 saturated heterocycles. The Hall–Kier alpha value is -0.650. The van der Waals surface area contributed by atoms with Gasteiger partial charge in [0.1, 0.15) is 0 Å². The monoisotopic (exact) mass is 300 g/mol. The summed E-state index contributed by atoms with van der Waals surface area (Å²) in [6, 6.07) is 6.73. The Kier molecular flexibility index (Phi) is 5.81. The first-order chi connectivity index (χ1) is 9.65. The van der Waals surface area contributed by atoms with Gasteiger partial charge in [0.15, 0.2) is 0 Å². The average molecular weight is 300 g/mol. The molecule has 0 spiro atoms. The van der Waals surface area contributed by atoms with Gasteiger partial charge in [-0.2, -0.15) is 11.8 Å². The summed E-state index contributed by atoms with van der Waals surface area (Å²) in [4.78, 5) is 2.34. The number of nitrogens with zero attached hydrogens (tertiary/aromatic N) is 1. The van der Waals surface area contributed by atoms with E-state index in [1.54, 1.807) is 12.1 Å².